The second-order valence-corrected chi connectivity index (χ2v) is 6.40. The lowest BCUT2D eigenvalue weighted by Gasteiger charge is -2.22. The van der Waals surface area contributed by atoms with Gasteiger partial charge in [0.25, 0.3) is 0 Å². The SMILES string of the molecule is CC(C)(C)CC(N)c1cc(Br)cs1. The van der Waals surface area contributed by atoms with Gasteiger partial charge in [-0.3, -0.25) is 0 Å². The molecule has 0 saturated carbocycles. The molecule has 0 amide bonds. The minimum absolute atomic E-state index is 0.177. The van der Waals surface area contributed by atoms with E-state index in [1.54, 1.807) is 11.3 Å². The van der Waals surface area contributed by atoms with Gasteiger partial charge in [0.2, 0.25) is 0 Å². The third-order valence-corrected chi connectivity index (χ3v) is 3.61. The zero-order valence-electron chi connectivity index (χ0n) is 8.30. The van der Waals surface area contributed by atoms with Gasteiger partial charge in [-0.05, 0) is 33.8 Å². The van der Waals surface area contributed by atoms with Crippen LogP contribution >= 0.6 is 27.3 Å². The Balaban J connectivity index is 2.64. The first-order valence-electron chi connectivity index (χ1n) is 4.38. The molecule has 1 unspecified atom stereocenters. The fourth-order valence-electron chi connectivity index (χ4n) is 1.28. The Labute approximate surface area is 92.5 Å². The van der Waals surface area contributed by atoms with Crippen LogP contribution in [0.3, 0.4) is 0 Å². The molecule has 1 heterocycles. The van der Waals surface area contributed by atoms with Crippen LogP contribution in [0.25, 0.3) is 0 Å². The molecule has 74 valence electrons. The van der Waals surface area contributed by atoms with Gasteiger partial charge in [-0.2, -0.15) is 0 Å². The summed E-state index contributed by atoms with van der Waals surface area (Å²) in [5.41, 5.74) is 6.39. The van der Waals surface area contributed by atoms with Crippen molar-refractivity contribution >= 4 is 27.3 Å². The average Bonchev–Trinajstić information content (AvgIpc) is 2.31. The predicted octanol–water partition coefficient (Wildman–Crippen LogP) is 3.95. The number of thiophene rings is 1. The highest BCUT2D eigenvalue weighted by Crippen LogP contribution is 2.32. The molecule has 0 saturated heterocycles. The molecule has 0 aliphatic heterocycles. The van der Waals surface area contributed by atoms with Gasteiger partial charge in [0.05, 0.1) is 0 Å². The molecule has 3 heteroatoms. The topological polar surface area (TPSA) is 26.0 Å². The van der Waals surface area contributed by atoms with Crippen LogP contribution < -0.4 is 5.73 Å². The first kappa shape index (κ1) is 11.2. The summed E-state index contributed by atoms with van der Waals surface area (Å²) in [5.74, 6) is 0. The van der Waals surface area contributed by atoms with Crippen molar-refractivity contribution in [3.63, 3.8) is 0 Å². The third-order valence-electron chi connectivity index (χ3n) is 1.79. The largest absolute Gasteiger partial charge is 0.323 e. The maximum Gasteiger partial charge on any atom is 0.0395 e. The van der Waals surface area contributed by atoms with E-state index < -0.39 is 0 Å². The second kappa shape index (κ2) is 4.11. The summed E-state index contributed by atoms with van der Waals surface area (Å²) in [6, 6.07) is 2.29. The molecule has 1 rings (SSSR count). The van der Waals surface area contributed by atoms with E-state index in [-0.39, 0.29) is 6.04 Å². The van der Waals surface area contributed by atoms with Crippen molar-refractivity contribution in [1.29, 1.82) is 0 Å². The molecule has 0 fully saturated rings. The average molecular weight is 262 g/mol. The van der Waals surface area contributed by atoms with Crippen molar-refractivity contribution in [2.75, 3.05) is 0 Å². The fourth-order valence-corrected chi connectivity index (χ4v) is 2.73. The van der Waals surface area contributed by atoms with Crippen molar-refractivity contribution in [2.45, 2.75) is 33.2 Å². The molecule has 0 aromatic carbocycles. The van der Waals surface area contributed by atoms with Crippen LogP contribution in [0, 0.1) is 5.41 Å². The maximum atomic E-state index is 6.08. The lowest BCUT2D eigenvalue weighted by Crippen LogP contribution is -2.17. The van der Waals surface area contributed by atoms with Crippen LogP contribution in [0.4, 0.5) is 0 Å². The van der Waals surface area contributed by atoms with Crippen LogP contribution in [-0.2, 0) is 0 Å². The Hall–Kier alpha value is 0.140. The zero-order valence-corrected chi connectivity index (χ0v) is 10.7. The molecule has 0 aliphatic rings. The van der Waals surface area contributed by atoms with Crippen LogP contribution in [0.2, 0.25) is 0 Å². The molecule has 0 aliphatic carbocycles. The number of hydrogen-bond donors (Lipinski definition) is 1. The minimum Gasteiger partial charge on any atom is -0.323 e. The van der Waals surface area contributed by atoms with Crippen molar-refractivity contribution in [2.24, 2.45) is 11.1 Å². The molecular formula is C10H16BrNS. The monoisotopic (exact) mass is 261 g/mol. The van der Waals surface area contributed by atoms with Crippen molar-refractivity contribution in [3.8, 4) is 0 Å². The summed E-state index contributed by atoms with van der Waals surface area (Å²) in [7, 11) is 0. The van der Waals surface area contributed by atoms with E-state index in [0.29, 0.717) is 5.41 Å². The van der Waals surface area contributed by atoms with Gasteiger partial charge >= 0.3 is 0 Å². The van der Waals surface area contributed by atoms with Crippen molar-refractivity contribution in [1.82, 2.24) is 0 Å². The van der Waals surface area contributed by atoms with Crippen molar-refractivity contribution in [3.05, 3.63) is 20.8 Å². The Kier molecular flexibility index (Phi) is 3.55. The summed E-state index contributed by atoms with van der Waals surface area (Å²) in [4.78, 5) is 1.27. The Bertz CT molecular complexity index is 275. The second-order valence-electron chi connectivity index (χ2n) is 4.54. The Morgan fingerprint density at radius 1 is 1.54 bits per heavy atom. The number of rotatable bonds is 2. The Morgan fingerprint density at radius 3 is 2.54 bits per heavy atom. The molecule has 2 N–H and O–H groups in total. The van der Waals surface area contributed by atoms with E-state index in [2.05, 4.69) is 48.1 Å². The van der Waals surface area contributed by atoms with Crippen molar-refractivity contribution < 1.29 is 0 Å². The van der Waals surface area contributed by atoms with Gasteiger partial charge in [0, 0.05) is 20.8 Å². The van der Waals surface area contributed by atoms with E-state index in [1.165, 1.54) is 4.88 Å². The van der Waals surface area contributed by atoms with Gasteiger partial charge in [-0.15, -0.1) is 11.3 Å². The summed E-state index contributed by atoms with van der Waals surface area (Å²) >= 11 is 5.16. The van der Waals surface area contributed by atoms with Gasteiger partial charge in [0.1, 0.15) is 0 Å². The van der Waals surface area contributed by atoms with Crippen LogP contribution in [-0.4, -0.2) is 0 Å². The first-order chi connectivity index (χ1) is 5.88. The highest BCUT2D eigenvalue weighted by molar-refractivity contribution is 9.10. The van der Waals surface area contributed by atoms with E-state index in [0.717, 1.165) is 10.9 Å². The molecule has 0 bridgehead atoms. The van der Waals surface area contributed by atoms with Crippen LogP contribution in [0.15, 0.2) is 15.9 Å². The van der Waals surface area contributed by atoms with E-state index in [4.69, 9.17) is 5.73 Å². The summed E-state index contributed by atoms with van der Waals surface area (Å²) < 4.78 is 1.14. The minimum atomic E-state index is 0.177. The molecule has 0 spiro atoms. The molecule has 13 heavy (non-hydrogen) atoms. The smallest absolute Gasteiger partial charge is 0.0395 e. The summed E-state index contributed by atoms with van der Waals surface area (Å²) in [6.45, 7) is 6.65. The number of halogens is 1. The predicted molar refractivity (Wildman–Crippen MR) is 63.0 cm³/mol. The summed E-state index contributed by atoms with van der Waals surface area (Å²) in [6.07, 6.45) is 1.03. The Morgan fingerprint density at radius 2 is 2.15 bits per heavy atom. The van der Waals surface area contributed by atoms with Crippen LogP contribution in [0.5, 0.6) is 0 Å². The van der Waals surface area contributed by atoms with E-state index in [9.17, 15) is 0 Å². The quantitative estimate of drug-likeness (QED) is 0.858. The molecule has 1 aromatic rings. The molecule has 1 aromatic heterocycles. The van der Waals surface area contributed by atoms with Gasteiger partial charge in [-0.1, -0.05) is 20.8 Å². The van der Waals surface area contributed by atoms with Gasteiger partial charge in [-0.25, -0.2) is 0 Å². The highest BCUT2D eigenvalue weighted by Gasteiger charge is 2.17. The lowest BCUT2D eigenvalue weighted by atomic mass is 9.88. The number of nitrogens with two attached hydrogens (primary N) is 1. The van der Waals surface area contributed by atoms with E-state index in [1.807, 2.05) is 0 Å². The fraction of sp³-hybridized carbons (Fsp3) is 0.600. The maximum absolute atomic E-state index is 6.08. The lowest BCUT2D eigenvalue weighted by molar-refractivity contribution is 0.345. The zero-order chi connectivity index (χ0) is 10.1. The molecule has 0 radical (unpaired) electrons. The highest BCUT2D eigenvalue weighted by atomic mass is 79.9. The standard InChI is InChI=1S/C10H16BrNS/c1-10(2,3)5-8(12)9-4-7(11)6-13-9/h4,6,8H,5,12H2,1-3H3. The van der Waals surface area contributed by atoms with Gasteiger partial charge in [0.15, 0.2) is 0 Å². The number of hydrogen-bond acceptors (Lipinski definition) is 2. The normalized spacial score (nSPS) is 14.5. The van der Waals surface area contributed by atoms with Crippen LogP contribution in [0.1, 0.15) is 38.1 Å². The molecule has 1 atom stereocenters. The molecule has 1 nitrogen and oxygen atoms in total. The molecular weight excluding hydrogens is 246 g/mol. The first-order valence-corrected chi connectivity index (χ1v) is 6.05. The third kappa shape index (κ3) is 3.79. The van der Waals surface area contributed by atoms with E-state index >= 15 is 0 Å². The van der Waals surface area contributed by atoms with Gasteiger partial charge < -0.3 is 5.73 Å². The summed E-state index contributed by atoms with van der Waals surface area (Å²) in [5, 5.41) is 2.08.